The maximum absolute atomic E-state index is 13.3. The van der Waals surface area contributed by atoms with Crippen LogP contribution in [-0.4, -0.2) is 19.2 Å². The van der Waals surface area contributed by atoms with E-state index < -0.39 is 0 Å². The molecule has 0 radical (unpaired) electrons. The lowest BCUT2D eigenvalue weighted by molar-refractivity contribution is 0.249. The Kier molecular flexibility index (Phi) is 2.56. The summed E-state index contributed by atoms with van der Waals surface area (Å²) in [5.41, 5.74) is 1.05. The smallest absolute Gasteiger partial charge is 0.123 e. The summed E-state index contributed by atoms with van der Waals surface area (Å²) in [5, 5.41) is 3.51. The lowest BCUT2D eigenvalue weighted by Gasteiger charge is -2.30. The minimum absolute atomic E-state index is 0.160. The molecular weight excluding hydrogens is 205 g/mol. The SMILES string of the molecule is Fc1ccc2c(c1)C(C1CCCN1)CCO2. The molecule has 2 heterocycles. The van der Waals surface area contributed by atoms with Gasteiger partial charge in [-0.3, -0.25) is 0 Å². The number of benzene rings is 1. The van der Waals surface area contributed by atoms with Crippen molar-refractivity contribution in [2.45, 2.75) is 31.2 Å². The van der Waals surface area contributed by atoms with Gasteiger partial charge in [-0.15, -0.1) is 0 Å². The number of nitrogens with one attached hydrogen (secondary N) is 1. The standard InChI is InChI=1S/C13H16FNO/c14-9-3-4-13-11(8-9)10(5-7-16-13)12-2-1-6-15-12/h3-4,8,10,12,15H,1-2,5-7H2. The Morgan fingerprint density at radius 1 is 1.31 bits per heavy atom. The predicted molar refractivity (Wildman–Crippen MR) is 60.3 cm³/mol. The van der Waals surface area contributed by atoms with E-state index in [1.165, 1.54) is 18.9 Å². The predicted octanol–water partition coefficient (Wildman–Crippen LogP) is 2.44. The van der Waals surface area contributed by atoms with E-state index in [0.717, 1.165) is 30.9 Å². The van der Waals surface area contributed by atoms with Gasteiger partial charge in [0.25, 0.3) is 0 Å². The molecule has 3 rings (SSSR count). The van der Waals surface area contributed by atoms with Crippen LogP contribution in [-0.2, 0) is 0 Å². The summed E-state index contributed by atoms with van der Waals surface area (Å²) in [5.74, 6) is 1.13. The Hall–Kier alpha value is -1.09. The number of ether oxygens (including phenoxy) is 1. The van der Waals surface area contributed by atoms with Crippen molar-refractivity contribution in [1.29, 1.82) is 0 Å². The van der Waals surface area contributed by atoms with Crippen LogP contribution in [0.2, 0.25) is 0 Å². The fourth-order valence-corrected chi connectivity index (χ4v) is 2.86. The van der Waals surface area contributed by atoms with E-state index in [0.29, 0.717) is 12.0 Å². The van der Waals surface area contributed by atoms with Gasteiger partial charge in [-0.25, -0.2) is 4.39 Å². The largest absolute Gasteiger partial charge is 0.493 e. The summed E-state index contributed by atoms with van der Waals surface area (Å²) in [6, 6.07) is 5.37. The van der Waals surface area contributed by atoms with E-state index in [9.17, 15) is 4.39 Å². The van der Waals surface area contributed by atoms with Gasteiger partial charge in [-0.1, -0.05) is 0 Å². The van der Waals surface area contributed by atoms with Gasteiger partial charge in [0, 0.05) is 17.5 Å². The molecule has 1 N–H and O–H groups in total. The van der Waals surface area contributed by atoms with Gasteiger partial charge in [0.05, 0.1) is 6.61 Å². The van der Waals surface area contributed by atoms with E-state index in [1.54, 1.807) is 12.1 Å². The van der Waals surface area contributed by atoms with Crippen molar-refractivity contribution in [3.05, 3.63) is 29.6 Å². The molecule has 2 atom stereocenters. The molecule has 1 aromatic rings. The minimum Gasteiger partial charge on any atom is -0.493 e. The molecule has 0 amide bonds. The number of fused-ring (bicyclic) bond motifs is 1. The average molecular weight is 221 g/mol. The molecule has 2 unspecified atom stereocenters. The third kappa shape index (κ3) is 1.69. The van der Waals surface area contributed by atoms with E-state index in [-0.39, 0.29) is 5.82 Å². The molecule has 0 aliphatic carbocycles. The average Bonchev–Trinajstić information content (AvgIpc) is 2.81. The molecule has 0 saturated carbocycles. The molecule has 2 aliphatic rings. The lowest BCUT2D eigenvalue weighted by atomic mass is 9.86. The zero-order valence-corrected chi connectivity index (χ0v) is 9.21. The second-order valence-electron chi connectivity index (χ2n) is 4.63. The summed E-state index contributed by atoms with van der Waals surface area (Å²) in [7, 11) is 0. The van der Waals surface area contributed by atoms with E-state index >= 15 is 0 Å². The first-order valence-corrected chi connectivity index (χ1v) is 6.00. The van der Waals surface area contributed by atoms with Gasteiger partial charge < -0.3 is 10.1 Å². The van der Waals surface area contributed by atoms with Crippen LogP contribution in [0.1, 0.15) is 30.7 Å². The Labute approximate surface area is 94.8 Å². The highest BCUT2D eigenvalue weighted by molar-refractivity contribution is 5.39. The van der Waals surface area contributed by atoms with Crippen molar-refractivity contribution in [1.82, 2.24) is 5.32 Å². The maximum Gasteiger partial charge on any atom is 0.123 e. The number of hydrogen-bond donors (Lipinski definition) is 1. The zero-order chi connectivity index (χ0) is 11.0. The molecule has 86 valence electrons. The van der Waals surface area contributed by atoms with E-state index in [1.807, 2.05) is 0 Å². The van der Waals surface area contributed by atoms with Crippen molar-refractivity contribution < 1.29 is 9.13 Å². The van der Waals surface area contributed by atoms with Gasteiger partial charge >= 0.3 is 0 Å². The van der Waals surface area contributed by atoms with Crippen LogP contribution in [0.25, 0.3) is 0 Å². The number of rotatable bonds is 1. The van der Waals surface area contributed by atoms with Gasteiger partial charge in [-0.2, -0.15) is 0 Å². The third-order valence-corrected chi connectivity index (χ3v) is 3.64. The lowest BCUT2D eigenvalue weighted by Crippen LogP contribution is -2.32. The molecule has 1 aromatic carbocycles. The Bertz CT molecular complexity index is 388. The maximum atomic E-state index is 13.3. The van der Waals surface area contributed by atoms with Crippen molar-refractivity contribution in [2.24, 2.45) is 0 Å². The normalized spacial score (nSPS) is 28.6. The summed E-state index contributed by atoms with van der Waals surface area (Å²) >= 11 is 0. The fraction of sp³-hybridized carbons (Fsp3) is 0.538. The van der Waals surface area contributed by atoms with Gasteiger partial charge in [0.1, 0.15) is 11.6 Å². The van der Waals surface area contributed by atoms with Crippen molar-refractivity contribution in [3.8, 4) is 5.75 Å². The first-order chi connectivity index (χ1) is 7.84. The van der Waals surface area contributed by atoms with Crippen molar-refractivity contribution >= 4 is 0 Å². The Balaban J connectivity index is 1.94. The molecule has 0 aromatic heterocycles. The van der Waals surface area contributed by atoms with Crippen LogP contribution in [0.15, 0.2) is 18.2 Å². The molecule has 3 heteroatoms. The molecule has 16 heavy (non-hydrogen) atoms. The number of hydrogen-bond acceptors (Lipinski definition) is 2. The second-order valence-corrected chi connectivity index (χ2v) is 4.63. The van der Waals surface area contributed by atoms with Crippen LogP contribution in [0, 0.1) is 5.82 Å². The first-order valence-electron chi connectivity index (χ1n) is 6.00. The minimum atomic E-state index is -0.160. The van der Waals surface area contributed by atoms with E-state index in [4.69, 9.17) is 4.74 Å². The third-order valence-electron chi connectivity index (χ3n) is 3.64. The molecule has 2 aliphatic heterocycles. The van der Waals surface area contributed by atoms with Crippen molar-refractivity contribution in [3.63, 3.8) is 0 Å². The number of halogens is 1. The van der Waals surface area contributed by atoms with Gasteiger partial charge in [0.2, 0.25) is 0 Å². The highest BCUT2D eigenvalue weighted by atomic mass is 19.1. The van der Waals surface area contributed by atoms with Gasteiger partial charge in [0.15, 0.2) is 0 Å². The second kappa shape index (κ2) is 4.06. The molecule has 0 bridgehead atoms. The summed E-state index contributed by atoms with van der Waals surface area (Å²) in [4.78, 5) is 0. The van der Waals surface area contributed by atoms with Crippen LogP contribution >= 0.6 is 0 Å². The zero-order valence-electron chi connectivity index (χ0n) is 9.21. The van der Waals surface area contributed by atoms with Crippen molar-refractivity contribution in [2.75, 3.05) is 13.2 Å². The van der Waals surface area contributed by atoms with E-state index in [2.05, 4.69) is 5.32 Å². The Morgan fingerprint density at radius 3 is 3.06 bits per heavy atom. The fourth-order valence-electron chi connectivity index (χ4n) is 2.86. The summed E-state index contributed by atoms with van der Waals surface area (Å²) in [6.45, 7) is 1.84. The monoisotopic (exact) mass is 221 g/mol. The molecule has 1 saturated heterocycles. The Morgan fingerprint density at radius 2 is 2.25 bits per heavy atom. The highest BCUT2D eigenvalue weighted by Crippen LogP contribution is 2.38. The quantitative estimate of drug-likeness (QED) is 0.786. The summed E-state index contributed by atoms with van der Waals surface area (Å²) in [6.07, 6.45) is 3.42. The van der Waals surface area contributed by atoms with Crippen LogP contribution in [0.3, 0.4) is 0 Å². The van der Waals surface area contributed by atoms with Gasteiger partial charge in [-0.05, 0) is 44.0 Å². The molecule has 0 spiro atoms. The van der Waals surface area contributed by atoms with Crippen LogP contribution in [0.5, 0.6) is 5.75 Å². The molecule has 2 nitrogen and oxygen atoms in total. The van der Waals surface area contributed by atoms with Crippen LogP contribution in [0.4, 0.5) is 4.39 Å². The molecule has 1 fully saturated rings. The summed E-state index contributed by atoms with van der Waals surface area (Å²) < 4.78 is 18.9. The highest BCUT2D eigenvalue weighted by Gasteiger charge is 2.30. The van der Waals surface area contributed by atoms with Crippen LogP contribution < -0.4 is 10.1 Å². The topological polar surface area (TPSA) is 21.3 Å². The molecular formula is C13H16FNO. The first kappa shape index (κ1) is 10.1.